The second-order valence-electron chi connectivity index (χ2n) is 7.86. The number of nitrogens with zero attached hydrogens (tertiary/aromatic N) is 5. The average Bonchev–Trinajstić information content (AvgIpc) is 3.26. The van der Waals surface area contributed by atoms with Crippen LogP contribution >= 0.6 is 0 Å². The van der Waals surface area contributed by atoms with Gasteiger partial charge in [-0.15, -0.1) is 0 Å². The summed E-state index contributed by atoms with van der Waals surface area (Å²) in [5.41, 5.74) is 3.34. The monoisotopic (exact) mass is 446 g/mol. The van der Waals surface area contributed by atoms with Gasteiger partial charge in [-0.2, -0.15) is 15.0 Å². The molecule has 2 aromatic carbocycles. The predicted molar refractivity (Wildman–Crippen MR) is 127 cm³/mol. The van der Waals surface area contributed by atoms with E-state index in [1.807, 2.05) is 67.4 Å². The SMILES string of the molecule is COc1ccc(N(C)c2nc(N3CCOCC3)c3[nH]c(Oc4cccc(C)c4)nc3n2)cc1. The Kier molecular flexibility index (Phi) is 5.70. The Morgan fingerprint density at radius 2 is 1.79 bits per heavy atom. The molecule has 0 bridgehead atoms. The van der Waals surface area contributed by atoms with Crippen molar-refractivity contribution in [1.29, 1.82) is 0 Å². The number of fused-ring (bicyclic) bond motifs is 1. The smallest absolute Gasteiger partial charge is 0.301 e. The van der Waals surface area contributed by atoms with Crippen molar-refractivity contribution in [3.63, 3.8) is 0 Å². The summed E-state index contributed by atoms with van der Waals surface area (Å²) in [5.74, 6) is 2.83. The van der Waals surface area contributed by atoms with Gasteiger partial charge in [0.2, 0.25) is 5.95 Å². The number of methoxy groups -OCH3 is 1. The van der Waals surface area contributed by atoms with Crippen LogP contribution in [0.2, 0.25) is 0 Å². The maximum atomic E-state index is 5.99. The van der Waals surface area contributed by atoms with Gasteiger partial charge in [-0.25, -0.2) is 0 Å². The van der Waals surface area contributed by atoms with E-state index in [9.17, 15) is 0 Å². The molecule has 1 saturated heterocycles. The molecule has 0 saturated carbocycles. The van der Waals surface area contributed by atoms with Crippen molar-refractivity contribution in [3.8, 4) is 17.5 Å². The molecule has 1 N–H and O–H groups in total. The van der Waals surface area contributed by atoms with E-state index in [2.05, 4.69) is 14.9 Å². The Hall–Kier alpha value is -3.85. The lowest BCUT2D eigenvalue weighted by atomic mass is 10.2. The molecule has 5 rings (SSSR count). The van der Waals surface area contributed by atoms with Gasteiger partial charge in [-0.3, -0.25) is 0 Å². The first kappa shape index (κ1) is 21.0. The van der Waals surface area contributed by atoms with Gasteiger partial charge in [0, 0.05) is 25.8 Å². The summed E-state index contributed by atoms with van der Waals surface area (Å²) in [5, 5.41) is 0. The van der Waals surface area contributed by atoms with Crippen LogP contribution in [0.3, 0.4) is 0 Å². The molecular weight excluding hydrogens is 420 g/mol. The lowest BCUT2D eigenvalue weighted by molar-refractivity contribution is 0.122. The van der Waals surface area contributed by atoms with Gasteiger partial charge in [0.05, 0.1) is 20.3 Å². The Bertz CT molecular complexity index is 1250. The molecule has 0 atom stereocenters. The van der Waals surface area contributed by atoms with Crippen LogP contribution in [0, 0.1) is 6.92 Å². The van der Waals surface area contributed by atoms with Gasteiger partial charge >= 0.3 is 6.01 Å². The molecule has 9 heteroatoms. The van der Waals surface area contributed by atoms with E-state index in [1.54, 1.807) is 7.11 Å². The quantitative estimate of drug-likeness (QED) is 0.474. The molecular formula is C24H26N6O3. The molecule has 1 aliphatic heterocycles. The number of aromatic nitrogens is 4. The number of rotatable bonds is 6. The van der Waals surface area contributed by atoms with Crippen molar-refractivity contribution in [2.24, 2.45) is 0 Å². The van der Waals surface area contributed by atoms with Crippen LogP contribution in [0.4, 0.5) is 17.5 Å². The van der Waals surface area contributed by atoms with Gasteiger partial charge in [-0.05, 0) is 48.9 Å². The predicted octanol–water partition coefficient (Wildman–Crippen LogP) is 4.07. The highest BCUT2D eigenvalue weighted by Crippen LogP contribution is 2.31. The molecule has 1 fully saturated rings. The van der Waals surface area contributed by atoms with E-state index in [0.29, 0.717) is 36.6 Å². The van der Waals surface area contributed by atoms with Crippen LogP contribution in [0.25, 0.3) is 11.2 Å². The maximum Gasteiger partial charge on any atom is 0.301 e. The number of H-pyrrole nitrogens is 1. The topological polar surface area (TPSA) is 88.6 Å². The molecule has 0 unspecified atom stereocenters. The zero-order valence-corrected chi connectivity index (χ0v) is 18.9. The van der Waals surface area contributed by atoms with E-state index in [1.165, 1.54) is 0 Å². The van der Waals surface area contributed by atoms with Crippen LogP contribution in [0.1, 0.15) is 5.56 Å². The number of aromatic amines is 1. The van der Waals surface area contributed by atoms with Crippen molar-refractivity contribution >= 4 is 28.6 Å². The minimum absolute atomic E-state index is 0.378. The fourth-order valence-electron chi connectivity index (χ4n) is 3.76. The Morgan fingerprint density at radius 1 is 1.00 bits per heavy atom. The molecule has 4 aromatic rings. The van der Waals surface area contributed by atoms with Crippen LogP contribution in [0.5, 0.6) is 17.5 Å². The minimum atomic E-state index is 0.378. The highest BCUT2D eigenvalue weighted by Gasteiger charge is 2.22. The van der Waals surface area contributed by atoms with Crippen LogP contribution in [0.15, 0.2) is 48.5 Å². The second-order valence-corrected chi connectivity index (χ2v) is 7.86. The molecule has 0 spiro atoms. The maximum absolute atomic E-state index is 5.99. The first-order valence-corrected chi connectivity index (χ1v) is 10.8. The van der Waals surface area contributed by atoms with Crippen LogP contribution in [-0.2, 0) is 4.74 Å². The standard InChI is InChI=1S/C24H26N6O3/c1-16-5-4-6-19(15-16)33-24-25-20-21(27-24)26-23(28-22(20)30-11-13-32-14-12-30)29(2)17-7-9-18(31-3)10-8-17/h4-10,15H,11-14H2,1-3H3,(H,25,26,27,28). The summed E-state index contributed by atoms with van der Waals surface area (Å²) in [7, 11) is 3.58. The normalized spacial score (nSPS) is 13.8. The lowest BCUT2D eigenvalue weighted by Gasteiger charge is -2.28. The third kappa shape index (κ3) is 4.40. The molecule has 3 heterocycles. The third-order valence-corrected chi connectivity index (χ3v) is 5.57. The molecule has 0 radical (unpaired) electrons. The first-order valence-electron chi connectivity index (χ1n) is 10.8. The number of hydrogen-bond acceptors (Lipinski definition) is 8. The van der Waals surface area contributed by atoms with Gasteiger partial charge < -0.3 is 29.0 Å². The summed E-state index contributed by atoms with van der Waals surface area (Å²) in [6.07, 6.45) is 0. The highest BCUT2D eigenvalue weighted by molar-refractivity contribution is 5.86. The molecule has 0 amide bonds. The van der Waals surface area contributed by atoms with E-state index >= 15 is 0 Å². The van der Waals surface area contributed by atoms with Crippen molar-refractivity contribution in [1.82, 2.24) is 19.9 Å². The highest BCUT2D eigenvalue weighted by atomic mass is 16.5. The van der Waals surface area contributed by atoms with Crippen LogP contribution < -0.4 is 19.3 Å². The molecule has 1 aliphatic rings. The van der Waals surface area contributed by atoms with E-state index in [0.717, 1.165) is 41.4 Å². The summed E-state index contributed by atoms with van der Waals surface area (Å²) >= 11 is 0. The van der Waals surface area contributed by atoms with Crippen molar-refractivity contribution in [3.05, 3.63) is 54.1 Å². The van der Waals surface area contributed by atoms with Crippen molar-refractivity contribution in [2.45, 2.75) is 6.92 Å². The van der Waals surface area contributed by atoms with Crippen LogP contribution in [-0.4, -0.2) is 60.4 Å². The molecule has 33 heavy (non-hydrogen) atoms. The summed E-state index contributed by atoms with van der Waals surface area (Å²) in [4.78, 5) is 21.7. The van der Waals surface area contributed by atoms with Gasteiger partial charge in [0.15, 0.2) is 11.5 Å². The molecule has 170 valence electrons. The Balaban J connectivity index is 1.55. The summed E-state index contributed by atoms with van der Waals surface area (Å²) in [6, 6.07) is 16.0. The fourth-order valence-corrected chi connectivity index (χ4v) is 3.76. The molecule has 0 aliphatic carbocycles. The number of ether oxygens (including phenoxy) is 3. The first-order chi connectivity index (χ1) is 16.1. The van der Waals surface area contributed by atoms with E-state index in [4.69, 9.17) is 24.2 Å². The second kappa shape index (κ2) is 8.95. The Morgan fingerprint density at radius 3 is 2.52 bits per heavy atom. The Labute approximate surface area is 192 Å². The lowest BCUT2D eigenvalue weighted by Crippen LogP contribution is -2.37. The number of hydrogen-bond donors (Lipinski definition) is 1. The third-order valence-electron chi connectivity index (χ3n) is 5.57. The number of imidazole rings is 1. The van der Waals surface area contributed by atoms with E-state index < -0.39 is 0 Å². The zero-order valence-electron chi connectivity index (χ0n) is 18.9. The molecule has 2 aromatic heterocycles. The summed E-state index contributed by atoms with van der Waals surface area (Å²) in [6.45, 7) is 4.80. The number of anilines is 3. The van der Waals surface area contributed by atoms with Gasteiger partial charge in [0.25, 0.3) is 0 Å². The average molecular weight is 447 g/mol. The number of morpholine rings is 1. The van der Waals surface area contributed by atoms with Gasteiger partial charge in [0.1, 0.15) is 17.0 Å². The minimum Gasteiger partial charge on any atom is -0.497 e. The summed E-state index contributed by atoms with van der Waals surface area (Å²) < 4.78 is 16.8. The number of benzene rings is 2. The van der Waals surface area contributed by atoms with Gasteiger partial charge in [-0.1, -0.05) is 12.1 Å². The number of aryl methyl sites for hydroxylation is 1. The van der Waals surface area contributed by atoms with Crippen molar-refractivity contribution in [2.75, 3.05) is 50.3 Å². The van der Waals surface area contributed by atoms with E-state index in [-0.39, 0.29) is 0 Å². The fraction of sp³-hybridized carbons (Fsp3) is 0.292. The zero-order chi connectivity index (χ0) is 22.8. The molecule has 9 nitrogen and oxygen atoms in total. The largest absolute Gasteiger partial charge is 0.497 e. The number of nitrogens with one attached hydrogen (secondary N) is 1. The van der Waals surface area contributed by atoms with Crippen molar-refractivity contribution < 1.29 is 14.2 Å².